The summed E-state index contributed by atoms with van der Waals surface area (Å²) in [7, 11) is 11.3. The van der Waals surface area contributed by atoms with E-state index in [2.05, 4.69) is 36.2 Å². The number of hydrogen-bond acceptors (Lipinski definition) is 0. The standard InChI is InChI=1S/C8H22N2Si2.2ClH.Ti/c1-9-11(3,4)7-8-12(5,6)10-2;;;/h7-8H2,1-6H3;2*1H;/q-2;;;+2/p-2. The van der Waals surface area contributed by atoms with Crippen LogP contribution in [-0.4, -0.2) is 30.6 Å². The van der Waals surface area contributed by atoms with Crippen LogP contribution in [0.5, 0.6) is 0 Å². The molecule has 0 heterocycles. The normalized spacial score (nSPS) is 11.7. The summed E-state index contributed by atoms with van der Waals surface area (Å²) >= 11 is -0.556. The average Bonchev–Trinajstić information content (AvgIpc) is 2.17. The van der Waals surface area contributed by atoms with Crippen molar-refractivity contribution in [3.63, 3.8) is 0 Å². The molecule has 0 aliphatic heterocycles. The van der Waals surface area contributed by atoms with Gasteiger partial charge in [-0.25, -0.2) is 0 Å². The van der Waals surface area contributed by atoms with Gasteiger partial charge in [0.05, 0.1) is 0 Å². The molecule has 0 fully saturated rings. The van der Waals surface area contributed by atoms with Crippen molar-refractivity contribution in [3.05, 3.63) is 9.96 Å². The topological polar surface area (TPSA) is 28.2 Å². The van der Waals surface area contributed by atoms with Crippen LogP contribution in [-0.2, 0) is 17.0 Å². The zero-order chi connectivity index (χ0) is 12.5. The third-order valence-corrected chi connectivity index (χ3v) is 8.43. The van der Waals surface area contributed by atoms with Crippen LogP contribution in [0.15, 0.2) is 0 Å². The summed E-state index contributed by atoms with van der Waals surface area (Å²) < 4.78 is 0. The second kappa shape index (κ2) is 9.66. The first-order valence-electron chi connectivity index (χ1n) is 4.93. The van der Waals surface area contributed by atoms with Crippen molar-refractivity contribution in [1.29, 1.82) is 0 Å². The molecular formula is C8H22Cl2N2Si2Ti-2. The number of nitrogens with zero attached hydrogens (tertiary/aromatic N) is 2. The quantitative estimate of drug-likeness (QED) is 0.652. The van der Waals surface area contributed by atoms with Crippen molar-refractivity contribution in [2.75, 3.05) is 14.1 Å². The van der Waals surface area contributed by atoms with E-state index in [4.69, 9.17) is 18.6 Å². The van der Waals surface area contributed by atoms with Gasteiger partial charge in [0.2, 0.25) is 0 Å². The van der Waals surface area contributed by atoms with Gasteiger partial charge < -0.3 is 9.96 Å². The molecule has 0 radical (unpaired) electrons. The molecule has 0 amide bonds. The molecule has 7 heteroatoms. The Balaban J connectivity index is 0. The van der Waals surface area contributed by atoms with E-state index in [1.165, 1.54) is 12.1 Å². The molecule has 0 atom stereocenters. The summed E-state index contributed by atoms with van der Waals surface area (Å²) in [5.41, 5.74) is 0. The first-order valence-corrected chi connectivity index (χ1v) is 15.5. The molecule has 0 spiro atoms. The van der Waals surface area contributed by atoms with Crippen molar-refractivity contribution < 1.29 is 17.0 Å². The van der Waals surface area contributed by atoms with Gasteiger partial charge in [0, 0.05) is 0 Å². The van der Waals surface area contributed by atoms with E-state index >= 15 is 0 Å². The summed E-state index contributed by atoms with van der Waals surface area (Å²) in [4.78, 5) is 8.95. The molecule has 15 heavy (non-hydrogen) atoms. The molecule has 0 saturated heterocycles. The first-order chi connectivity index (χ1) is 6.74. The summed E-state index contributed by atoms with van der Waals surface area (Å²) in [6.45, 7) is 9.31. The van der Waals surface area contributed by atoms with Gasteiger partial charge in [-0.05, 0) is 0 Å². The Kier molecular flexibility index (Phi) is 12.2. The van der Waals surface area contributed by atoms with Crippen LogP contribution in [0.2, 0.25) is 38.3 Å². The fraction of sp³-hybridized carbons (Fsp3) is 1.00. The van der Waals surface area contributed by atoms with Gasteiger partial charge in [0.25, 0.3) is 0 Å². The van der Waals surface area contributed by atoms with E-state index < -0.39 is 33.5 Å². The van der Waals surface area contributed by atoms with Crippen LogP contribution < -0.4 is 0 Å². The molecule has 0 N–H and O–H groups in total. The summed E-state index contributed by atoms with van der Waals surface area (Å²) in [6.07, 6.45) is 0. The molecule has 0 aromatic carbocycles. The van der Waals surface area contributed by atoms with Gasteiger partial charge >= 0.3 is 35.6 Å². The van der Waals surface area contributed by atoms with Gasteiger partial charge in [0.1, 0.15) is 0 Å². The maximum atomic E-state index is 4.89. The van der Waals surface area contributed by atoms with Gasteiger partial charge in [-0.2, -0.15) is 14.1 Å². The Morgan fingerprint density at radius 1 is 0.867 bits per heavy atom. The molecule has 0 aliphatic carbocycles. The fourth-order valence-corrected chi connectivity index (χ4v) is 6.18. The molecule has 0 unspecified atom stereocenters. The van der Waals surface area contributed by atoms with E-state index in [0.29, 0.717) is 0 Å². The van der Waals surface area contributed by atoms with Crippen molar-refractivity contribution in [3.8, 4) is 0 Å². The minimum atomic E-state index is -1.20. The van der Waals surface area contributed by atoms with Gasteiger partial charge in [-0.3, -0.25) is 0 Å². The monoisotopic (exact) mass is 320 g/mol. The number of hydrogen-bond donors (Lipinski definition) is 0. The Bertz CT molecular complexity index is 144. The summed E-state index contributed by atoms with van der Waals surface area (Å²) in [5, 5.41) is 0. The summed E-state index contributed by atoms with van der Waals surface area (Å²) in [6, 6.07) is 2.61. The van der Waals surface area contributed by atoms with Crippen LogP contribution in [0.3, 0.4) is 0 Å². The first kappa shape index (κ1) is 19.0. The van der Waals surface area contributed by atoms with Crippen LogP contribution >= 0.6 is 18.6 Å². The fourth-order valence-electron chi connectivity index (χ4n) is 0.835. The molecule has 92 valence electrons. The second-order valence-corrected chi connectivity index (χ2v) is 16.4. The van der Waals surface area contributed by atoms with Crippen molar-refractivity contribution >= 4 is 35.1 Å². The predicted octanol–water partition coefficient (Wildman–Crippen LogP) is 4.78. The van der Waals surface area contributed by atoms with Crippen LogP contribution in [0.25, 0.3) is 9.96 Å². The SMILES string of the molecule is C[N-][Si](C)(C)CC[Si](C)(C)[N-]C.[Cl][Ti][Cl]. The van der Waals surface area contributed by atoms with Gasteiger partial charge in [0.15, 0.2) is 0 Å². The zero-order valence-corrected chi connectivity index (χ0v) is 15.6. The van der Waals surface area contributed by atoms with E-state index in [0.717, 1.165) is 0 Å². The third-order valence-electron chi connectivity index (χ3n) is 2.56. The van der Waals surface area contributed by atoms with E-state index in [9.17, 15) is 0 Å². The molecule has 0 aromatic heterocycles. The Morgan fingerprint density at radius 2 is 1.07 bits per heavy atom. The molecule has 0 aliphatic rings. The molecule has 2 nitrogen and oxygen atoms in total. The van der Waals surface area contributed by atoms with E-state index in [1.54, 1.807) is 0 Å². The Hall–Kier alpha value is 1.65. The molecular weight excluding hydrogens is 299 g/mol. The van der Waals surface area contributed by atoms with E-state index in [-0.39, 0.29) is 0 Å². The van der Waals surface area contributed by atoms with Crippen molar-refractivity contribution in [1.82, 2.24) is 0 Å². The van der Waals surface area contributed by atoms with Crippen molar-refractivity contribution in [2.24, 2.45) is 0 Å². The van der Waals surface area contributed by atoms with Crippen LogP contribution in [0, 0.1) is 0 Å². The van der Waals surface area contributed by atoms with Gasteiger partial charge in [-0.15, -0.1) is 0 Å². The Morgan fingerprint density at radius 3 is 1.20 bits per heavy atom. The molecule has 0 rings (SSSR count). The maximum absolute atomic E-state index is 4.89. The van der Waals surface area contributed by atoms with Crippen LogP contribution in [0.4, 0.5) is 0 Å². The third kappa shape index (κ3) is 13.6. The molecule has 0 saturated carbocycles. The van der Waals surface area contributed by atoms with E-state index in [1.807, 2.05) is 14.1 Å². The van der Waals surface area contributed by atoms with Crippen LogP contribution in [0.1, 0.15) is 0 Å². The van der Waals surface area contributed by atoms with Gasteiger partial charge in [-0.1, -0.05) is 54.7 Å². The average molecular weight is 321 g/mol. The molecule has 0 aromatic rings. The van der Waals surface area contributed by atoms with Crippen molar-refractivity contribution in [2.45, 2.75) is 38.3 Å². The molecule has 0 bridgehead atoms. The zero-order valence-electron chi connectivity index (χ0n) is 10.6. The minimum absolute atomic E-state index is 0.556. The number of halogens is 2. The summed E-state index contributed by atoms with van der Waals surface area (Å²) in [5.74, 6) is 0. The predicted molar refractivity (Wildman–Crippen MR) is 74.9 cm³/mol. The Labute approximate surface area is 114 Å². The number of rotatable bonds is 5. The second-order valence-electron chi connectivity index (χ2n) is 4.64.